The van der Waals surface area contributed by atoms with Crippen LogP contribution in [0.4, 0.5) is 5.69 Å². The predicted molar refractivity (Wildman–Crippen MR) is 51.3 cm³/mol. The highest BCUT2D eigenvalue weighted by Gasteiger charge is 2.13. The molecule has 0 aliphatic carbocycles. The molecule has 0 amide bonds. The van der Waals surface area contributed by atoms with Crippen LogP contribution in [0, 0.1) is 28.4 Å². The number of hydrogen-bond donors (Lipinski definition) is 0. The van der Waals surface area contributed by atoms with E-state index in [-0.39, 0.29) is 11.4 Å². The second-order valence-electron chi connectivity index (χ2n) is 3.08. The van der Waals surface area contributed by atoms with Crippen molar-refractivity contribution >= 4 is 11.3 Å². The molecule has 0 saturated heterocycles. The van der Waals surface area contributed by atoms with Gasteiger partial charge in [-0.25, -0.2) is 4.98 Å². The van der Waals surface area contributed by atoms with Gasteiger partial charge < -0.3 is 0 Å². The smallest absolute Gasteiger partial charge is 0.284 e. The first kappa shape index (κ1) is 9.15. The second kappa shape index (κ2) is 3.06. The van der Waals surface area contributed by atoms with Gasteiger partial charge in [0, 0.05) is 5.56 Å². The Hall–Kier alpha value is -2.42. The molecule has 2 aromatic heterocycles. The number of aryl methyl sites for hydroxylation is 1. The van der Waals surface area contributed by atoms with Gasteiger partial charge in [-0.15, -0.1) is 0 Å². The third kappa shape index (κ3) is 1.30. The molecule has 0 N–H and O–H groups in total. The number of imidazole rings is 1. The highest BCUT2D eigenvalue weighted by atomic mass is 16.6. The average molecular weight is 202 g/mol. The number of nitrogens with zero attached hydrogens (tertiary/aromatic N) is 4. The van der Waals surface area contributed by atoms with E-state index < -0.39 is 4.92 Å². The average Bonchev–Trinajstić information content (AvgIpc) is 2.58. The Labute approximate surface area is 84.5 Å². The number of aromatic nitrogens is 2. The lowest BCUT2D eigenvalue weighted by Crippen LogP contribution is -1.96. The van der Waals surface area contributed by atoms with Crippen LogP contribution in [0.5, 0.6) is 0 Å². The molecule has 6 heteroatoms. The number of fused-ring (bicyclic) bond motifs is 1. The zero-order chi connectivity index (χ0) is 11.0. The summed E-state index contributed by atoms with van der Waals surface area (Å²) in [7, 11) is 0. The quantitative estimate of drug-likeness (QED) is 0.517. The van der Waals surface area contributed by atoms with E-state index >= 15 is 0 Å². The minimum Gasteiger partial charge on any atom is -0.284 e. The lowest BCUT2D eigenvalue weighted by molar-refractivity contribution is -0.385. The van der Waals surface area contributed by atoms with Gasteiger partial charge in [0.05, 0.1) is 17.3 Å². The summed E-state index contributed by atoms with van der Waals surface area (Å²) < 4.78 is 1.41. The van der Waals surface area contributed by atoms with Gasteiger partial charge in [0.25, 0.3) is 5.69 Å². The number of hydrogen-bond acceptors (Lipinski definition) is 4. The molecule has 15 heavy (non-hydrogen) atoms. The molecule has 74 valence electrons. The topological polar surface area (TPSA) is 84.2 Å². The summed E-state index contributed by atoms with van der Waals surface area (Å²) >= 11 is 0. The molecule has 0 atom stereocenters. The minimum absolute atomic E-state index is 0.0167. The van der Waals surface area contributed by atoms with Crippen LogP contribution in [-0.4, -0.2) is 14.3 Å². The molecule has 0 aromatic carbocycles. The molecule has 2 heterocycles. The number of nitriles is 1. The van der Waals surface area contributed by atoms with Crippen LogP contribution in [-0.2, 0) is 0 Å². The monoisotopic (exact) mass is 202 g/mol. The summed E-state index contributed by atoms with van der Waals surface area (Å²) in [6.45, 7) is 1.64. The predicted octanol–water partition coefficient (Wildman–Crippen LogP) is 1.42. The third-order valence-corrected chi connectivity index (χ3v) is 2.14. The minimum atomic E-state index is -0.476. The van der Waals surface area contributed by atoms with Crippen LogP contribution in [0.3, 0.4) is 0 Å². The van der Waals surface area contributed by atoms with Crippen molar-refractivity contribution in [3.05, 3.63) is 39.8 Å². The lowest BCUT2D eigenvalue weighted by Gasteiger charge is -1.98. The number of rotatable bonds is 1. The summed E-state index contributed by atoms with van der Waals surface area (Å²) in [5, 5.41) is 19.4. The zero-order valence-electron chi connectivity index (χ0n) is 7.84. The van der Waals surface area contributed by atoms with Gasteiger partial charge in [0.2, 0.25) is 0 Å². The zero-order valence-corrected chi connectivity index (χ0v) is 7.84. The van der Waals surface area contributed by atoms with E-state index in [1.54, 1.807) is 13.0 Å². The van der Waals surface area contributed by atoms with E-state index in [1.165, 1.54) is 16.8 Å². The molecule has 0 unspecified atom stereocenters. The molecule has 0 fully saturated rings. The van der Waals surface area contributed by atoms with Crippen LogP contribution in [0.1, 0.15) is 11.3 Å². The van der Waals surface area contributed by atoms with E-state index in [0.29, 0.717) is 11.2 Å². The Balaban J connectivity index is 2.82. The largest absolute Gasteiger partial charge is 0.288 e. The summed E-state index contributed by atoms with van der Waals surface area (Å²) in [6, 6.07) is 3.50. The molecule has 0 radical (unpaired) electrons. The van der Waals surface area contributed by atoms with Crippen molar-refractivity contribution in [2.24, 2.45) is 0 Å². The van der Waals surface area contributed by atoms with Crippen LogP contribution in [0.25, 0.3) is 5.65 Å². The molecule has 0 saturated carbocycles. The highest BCUT2D eigenvalue weighted by molar-refractivity contribution is 5.52. The van der Waals surface area contributed by atoms with Crippen LogP contribution in [0.15, 0.2) is 18.5 Å². The van der Waals surface area contributed by atoms with Crippen molar-refractivity contribution in [1.82, 2.24) is 9.38 Å². The highest BCUT2D eigenvalue weighted by Crippen LogP contribution is 2.19. The van der Waals surface area contributed by atoms with Crippen molar-refractivity contribution in [1.29, 1.82) is 5.26 Å². The Morgan fingerprint density at radius 3 is 3.00 bits per heavy atom. The summed E-state index contributed by atoms with van der Waals surface area (Å²) in [5.74, 6) is 0. The SMILES string of the molecule is Cc1cc2ncc(C#N)n2cc1[N+](=O)[O-]. The van der Waals surface area contributed by atoms with Gasteiger partial charge in [0.1, 0.15) is 17.4 Å². The first-order valence-corrected chi connectivity index (χ1v) is 4.15. The maximum atomic E-state index is 10.7. The van der Waals surface area contributed by atoms with Crippen LogP contribution in [0.2, 0.25) is 0 Å². The molecule has 0 aliphatic rings. The molecule has 0 spiro atoms. The number of nitro groups is 1. The maximum Gasteiger partial charge on any atom is 0.288 e. The molecule has 0 bridgehead atoms. The molecule has 2 aromatic rings. The maximum absolute atomic E-state index is 10.7. The van der Waals surface area contributed by atoms with Gasteiger partial charge in [-0.05, 0) is 13.0 Å². The van der Waals surface area contributed by atoms with Gasteiger partial charge in [-0.1, -0.05) is 0 Å². The van der Waals surface area contributed by atoms with Crippen molar-refractivity contribution in [2.45, 2.75) is 6.92 Å². The Kier molecular flexibility index (Phi) is 1.87. The van der Waals surface area contributed by atoms with Crippen molar-refractivity contribution in [2.75, 3.05) is 0 Å². The van der Waals surface area contributed by atoms with E-state index in [0.717, 1.165) is 0 Å². The number of pyridine rings is 1. The summed E-state index contributed by atoms with van der Waals surface area (Å²) in [4.78, 5) is 14.2. The van der Waals surface area contributed by atoms with Crippen molar-refractivity contribution in [3.63, 3.8) is 0 Å². The summed E-state index contributed by atoms with van der Waals surface area (Å²) in [5.41, 5.74) is 1.34. The third-order valence-electron chi connectivity index (χ3n) is 2.14. The van der Waals surface area contributed by atoms with Gasteiger partial charge in [-0.2, -0.15) is 5.26 Å². The van der Waals surface area contributed by atoms with Crippen molar-refractivity contribution in [3.8, 4) is 6.07 Å². The van der Waals surface area contributed by atoms with E-state index in [1.807, 2.05) is 6.07 Å². The Bertz CT molecular complexity index is 594. The van der Waals surface area contributed by atoms with E-state index in [4.69, 9.17) is 5.26 Å². The van der Waals surface area contributed by atoms with Gasteiger partial charge in [-0.3, -0.25) is 14.5 Å². The Morgan fingerprint density at radius 1 is 1.67 bits per heavy atom. The van der Waals surface area contributed by atoms with E-state index in [2.05, 4.69) is 4.98 Å². The van der Waals surface area contributed by atoms with Crippen LogP contribution < -0.4 is 0 Å². The lowest BCUT2D eigenvalue weighted by atomic mass is 10.2. The fourth-order valence-electron chi connectivity index (χ4n) is 1.38. The molecular weight excluding hydrogens is 196 g/mol. The normalized spacial score (nSPS) is 10.1. The first-order valence-electron chi connectivity index (χ1n) is 4.15. The van der Waals surface area contributed by atoms with E-state index in [9.17, 15) is 10.1 Å². The summed E-state index contributed by atoms with van der Waals surface area (Å²) in [6.07, 6.45) is 2.70. The second-order valence-corrected chi connectivity index (χ2v) is 3.08. The molecule has 6 nitrogen and oxygen atoms in total. The molecule has 2 rings (SSSR count). The fourth-order valence-corrected chi connectivity index (χ4v) is 1.38. The standard InChI is InChI=1S/C9H6N4O2/c1-6-2-9-11-4-7(3-10)12(9)5-8(6)13(14)15/h2,4-5H,1H3. The Morgan fingerprint density at radius 2 is 2.40 bits per heavy atom. The van der Waals surface area contributed by atoms with Gasteiger partial charge >= 0.3 is 0 Å². The van der Waals surface area contributed by atoms with Crippen molar-refractivity contribution < 1.29 is 4.92 Å². The molecule has 0 aliphatic heterocycles. The first-order chi connectivity index (χ1) is 7.13. The fraction of sp³-hybridized carbons (Fsp3) is 0.111. The molecular formula is C9H6N4O2. The van der Waals surface area contributed by atoms with Gasteiger partial charge in [0.15, 0.2) is 0 Å². The van der Waals surface area contributed by atoms with Crippen LogP contribution >= 0.6 is 0 Å².